The summed E-state index contributed by atoms with van der Waals surface area (Å²) in [6, 6.07) is 0. The van der Waals surface area contributed by atoms with Crippen LogP contribution in [0.5, 0.6) is 0 Å². The summed E-state index contributed by atoms with van der Waals surface area (Å²) in [5.41, 5.74) is 6.52. The molecule has 1 fully saturated rings. The molecule has 1 aliphatic heterocycles. The van der Waals surface area contributed by atoms with Crippen LogP contribution >= 0.6 is 0 Å². The predicted octanol–water partition coefficient (Wildman–Crippen LogP) is 2.33. The molecule has 5 rings (SSSR count). The molecule has 0 bridgehead atoms. The van der Waals surface area contributed by atoms with Crippen molar-refractivity contribution in [3.05, 3.63) is 46.9 Å². The molecule has 3 aromatic rings. The first-order valence-electron chi connectivity index (χ1n) is 10.3. The number of carbonyl (C=O) groups is 1. The number of nitrogens with one attached hydrogen (secondary N) is 1. The standard InChI is InChI=1S/C21H25N7O/c1-13-14(2)22-12-23-19(13)21(29)27-7-5-17-18(6-8-27)25-26-20(17)16-9-24-28(11-16)10-15-3-4-15/h9,11-12,15H,3-8,10H2,1-2H3,(H,25,26). The highest BCUT2D eigenvalue weighted by Gasteiger charge is 2.26. The smallest absolute Gasteiger partial charge is 0.272 e. The summed E-state index contributed by atoms with van der Waals surface area (Å²) >= 11 is 0. The minimum absolute atomic E-state index is 0.0232. The van der Waals surface area contributed by atoms with Gasteiger partial charge in [0.15, 0.2) is 0 Å². The fourth-order valence-electron chi connectivity index (χ4n) is 3.98. The Kier molecular flexibility index (Phi) is 4.41. The lowest BCUT2D eigenvalue weighted by atomic mass is 10.1. The summed E-state index contributed by atoms with van der Waals surface area (Å²) in [4.78, 5) is 23.4. The second kappa shape index (κ2) is 7.09. The van der Waals surface area contributed by atoms with Crippen LogP contribution in [-0.4, -0.2) is 53.8 Å². The minimum atomic E-state index is -0.0232. The number of nitrogens with zero attached hydrogens (tertiary/aromatic N) is 6. The van der Waals surface area contributed by atoms with Crippen LogP contribution in [-0.2, 0) is 19.4 Å². The molecule has 0 unspecified atom stereocenters. The van der Waals surface area contributed by atoms with Crippen molar-refractivity contribution in [2.45, 2.75) is 46.1 Å². The van der Waals surface area contributed by atoms with Gasteiger partial charge < -0.3 is 4.90 Å². The van der Waals surface area contributed by atoms with Gasteiger partial charge in [-0.05, 0) is 39.0 Å². The Hall–Kier alpha value is -3.03. The van der Waals surface area contributed by atoms with E-state index in [0.717, 1.165) is 53.5 Å². The van der Waals surface area contributed by atoms with Crippen LogP contribution in [0.3, 0.4) is 0 Å². The molecule has 150 valence electrons. The molecule has 1 aliphatic carbocycles. The molecule has 1 N–H and O–H groups in total. The Balaban J connectivity index is 1.35. The molecule has 1 amide bonds. The average molecular weight is 391 g/mol. The van der Waals surface area contributed by atoms with Crippen LogP contribution in [0, 0.1) is 19.8 Å². The number of hydrogen-bond donors (Lipinski definition) is 1. The number of aromatic nitrogens is 6. The van der Waals surface area contributed by atoms with Gasteiger partial charge >= 0.3 is 0 Å². The molecule has 3 aromatic heterocycles. The highest BCUT2D eigenvalue weighted by Crippen LogP contribution is 2.31. The summed E-state index contributed by atoms with van der Waals surface area (Å²) in [5, 5.41) is 12.3. The van der Waals surface area contributed by atoms with E-state index in [0.29, 0.717) is 18.8 Å². The van der Waals surface area contributed by atoms with Gasteiger partial charge in [0, 0.05) is 60.3 Å². The van der Waals surface area contributed by atoms with Crippen molar-refractivity contribution in [1.29, 1.82) is 0 Å². The van der Waals surface area contributed by atoms with E-state index in [9.17, 15) is 4.79 Å². The third-order valence-electron chi connectivity index (χ3n) is 6.09. The van der Waals surface area contributed by atoms with Gasteiger partial charge in [-0.15, -0.1) is 0 Å². The van der Waals surface area contributed by atoms with Gasteiger partial charge in [-0.25, -0.2) is 9.97 Å². The van der Waals surface area contributed by atoms with Crippen LogP contribution < -0.4 is 0 Å². The third kappa shape index (κ3) is 3.43. The lowest BCUT2D eigenvalue weighted by Crippen LogP contribution is -2.34. The Morgan fingerprint density at radius 2 is 2.03 bits per heavy atom. The zero-order valence-electron chi connectivity index (χ0n) is 16.9. The van der Waals surface area contributed by atoms with E-state index in [-0.39, 0.29) is 5.91 Å². The molecule has 8 heteroatoms. The number of amides is 1. The predicted molar refractivity (Wildman–Crippen MR) is 107 cm³/mol. The molecule has 0 atom stereocenters. The lowest BCUT2D eigenvalue weighted by Gasteiger charge is -2.20. The molecule has 0 aromatic carbocycles. The molecule has 0 spiro atoms. The molecular weight excluding hydrogens is 366 g/mol. The maximum absolute atomic E-state index is 13.1. The number of rotatable bonds is 4. The van der Waals surface area contributed by atoms with Crippen LogP contribution in [0.1, 0.15) is 45.8 Å². The zero-order chi connectivity index (χ0) is 20.0. The van der Waals surface area contributed by atoms with Crippen molar-refractivity contribution in [3.63, 3.8) is 0 Å². The van der Waals surface area contributed by atoms with E-state index < -0.39 is 0 Å². The summed E-state index contributed by atoms with van der Waals surface area (Å²) < 4.78 is 2.03. The van der Waals surface area contributed by atoms with Gasteiger partial charge in [0.25, 0.3) is 5.91 Å². The topological polar surface area (TPSA) is 92.6 Å². The zero-order valence-corrected chi connectivity index (χ0v) is 16.9. The van der Waals surface area contributed by atoms with Crippen molar-refractivity contribution in [2.24, 2.45) is 5.92 Å². The summed E-state index contributed by atoms with van der Waals surface area (Å²) in [5.74, 6) is 0.762. The van der Waals surface area contributed by atoms with Crippen molar-refractivity contribution in [2.75, 3.05) is 13.1 Å². The molecule has 29 heavy (non-hydrogen) atoms. The van der Waals surface area contributed by atoms with E-state index in [1.54, 1.807) is 0 Å². The van der Waals surface area contributed by atoms with Crippen molar-refractivity contribution < 1.29 is 4.79 Å². The quantitative estimate of drug-likeness (QED) is 0.737. The number of fused-ring (bicyclic) bond motifs is 1. The second-order valence-corrected chi connectivity index (χ2v) is 8.15. The van der Waals surface area contributed by atoms with Crippen LogP contribution in [0.2, 0.25) is 0 Å². The van der Waals surface area contributed by atoms with Gasteiger partial charge in [0.1, 0.15) is 12.0 Å². The molecular formula is C21H25N7O. The number of H-pyrrole nitrogens is 1. The summed E-state index contributed by atoms with van der Waals surface area (Å²) in [7, 11) is 0. The van der Waals surface area contributed by atoms with Gasteiger partial charge in [-0.2, -0.15) is 10.2 Å². The van der Waals surface area contributed by atoms with Crippen molar-refractivity contribution in [1.82, 2.24) is 34.8 Å². The maximum Gasteiger partial charge on any atom is 0.272 e. The van der Waals surface area contributed by atoms with E-state index in [2.05, 4.69) is 31.5 Å². The first kappa shape index (κ1) is 18.0. The molecule has 2 aliphatic rings. The van der Waals surface area contributed by atoms with Crippen LogP contribution in [0.25, 0.3) is 11.3 Å². The summed E-state index contributed by atoms with van der Waals surface area (Å²) in [6.45, 7) is 6.10. The Bertz CT molecular complexity index is 1060. The fourth-order valence-corrected chi connectivity index (χ4v) is 3.98. The maximum atomic E-state index is 13.1. The van der Waals surface area contributed by atoms with E-state index in [1.807, 2.05) is 29.6 Å². The molecule has 0 radical (unpaired) electrons. The average Bonchev–Trinajstić information content (AvgIpc) is 3.33. The lowest BCUT2D eigenvalue weighted by molar-refractivity contribution is 0.0755. The first-order valence-corrected chi connectivity index (χ1v) is 10.3. The van der Waals surface area contributed by atoms with Crippen LogP contribution in [0.4, 0.5) is 0 Å². The normalized spacial score (nSPS) is 16.6. The number of aryl methyl sites for hydroxylation is 1. The van der Waals surface area contributed by atoms with E-state index in [1.165, 1.54) is 24.7 Å². The fraction of sp³-hybridized carbons (Fsp3) is 0.476. The van der Waals surface area contributed by atoms with E-state index >= 15 is 0 Å². The van der Waals surface area contributed by atoms with Crippen molar-refractivity contribution in [3.8, 4) is 11.3 Å². The van der Waals surface area contributed by atoms with Gasteiger partial charge in [-0.3, -0.25) is 14.6 Å². The number of hydrogen-bond acceptors (Lipinski definition) is 5. The van der Waals surface area contributed by atoms with Gasteiger partial charge in [0.2, 0.25) is 0 Å². The third-order valence-corrected chi connectivity index (χ3v) is 6.09. The molecule has 1 saturated carbocycles. The van der Waals surface area contributed by atoms with Crippen molar-refractivity contribution >= 4 is 5.91 Å². The number of carbonyl (C=O) groups excluding carboxylic acids is 1. The van der Waals surface area contributed by atoms with Crippen LogP contribution in [0.15, 0.2) is 18.7 Å². The van der Waals surface area contributed by atoms with Gasteiger partial charge in [0.05, 0.1) is 11.9 Å². The second-order valence-electron chi connectivity index (χ2n) is 8.15. The molecule has 0 saturated heterocycles. The highest BCUT2D eigenvalue weighted by atomic mass is 16.2. The summed E-state index contributed by atoms with van der Waals surface area (Å²) in [6.07, 6.45) is 9.61. The first-order chi connectivity index (χ1) is 14.1. The van der Waals surface area contributed by atoms with Gasteiger partial charge in [-0.1, -0.05) is 0 Å². The largest absolute Gasteiger partial charge is 0.337 e. The SMILES string of the molecule is Cc1ncnc(C(=O)N2CCc3[nH]nc(-c4cnn(CC5CC5)c4)c3CC2)c1C. The number of aromatic amines is 1. The Morgan fingerprint density at radius 1 is 1.21 bits per heavy atom. The van der Waals surface area contributed by atoms with E-state index in [4.69, 9.17) is 0 Å². The highest BCUT2D eigenvalue weighted by molar-refractivity contribution is 5.93. The Morgan fingerprint density at radius 3 is 2.86 bits per heavy atom. The molecule has 4 heterocycles. The monoisotopic (exact) mass is 391 g/mol. The molecule has 8 nitrogen and oxygen atoms in total. The Labute approximate surface area is 169 Å². The minimum Gasteiger partial charge on any atom is -0.337 e.